The van der Waals surface area contributed by atoms with Gasteiger partial charge in [-0.1, -0.05) is 24.3 Å². The minimum atomic E-state index is -0.989. The van der Waals surface area contributed by atoms with Crippen LogP contribution >= 0.6 is 0 Å². The van der Waals surface area contributed by atoms with Crippen LogP contribution in [-0.2, 0) is 19.5 Å². The maximum atomic E-state index is 10.8. The van der Waals surface area contributed by atoms with Gasteiger partial charge >= 0.3 is 5.97 Å². The Morgan fingerprint density at radius 3 is 2.64 bits per heavy atom. The van der Waals surface area contributed by atoms with Gasteiger partial charge in [0.1, 0.15) is 0 Å². The van der Waals surface area contributed by atoms with E-state index in [1.165, 1.54) is 6.20 Å². The van der Waals surface area contributed by atoms with Crippen LogP contribution in [0.3, 0.4) is 0 Å². The Balaban J connectivity index is 0.000000980. The molecule has 0 amide bonds. The Labute approximate surface area is 93.5 Å². The molecule has 1 aromatic carbocycles. The summed E-state index contributed by atoms with van der Waals surface area (Å²) in [4.78, 5) is 14.6. The number of nitrogens with zero attached hydrogens (tertiary/aromatic N) is 1. The van der Waals surface area contributed by atoms with Crippen molar-refractivity contribution in [2.45, 2.75) is 0 Å². The van der Waals surface area contributed by atoms with Crippen LogP contribution in [0.15, 0.2) is 36.5 Å². The summed E-state index contributed by atoms with van der Waals surface area (Å²) in [6, 6.07) is 9.08. The standard InChI is InChI=1S/C10H7NO2.Zn/c12-10(13)9-8-4-2-1-3-7(8)5-6-11-9;/h1-6H,(H,12,13);. The average Bonchev–Trinajstić information content (AvgIpc) is 2.17. The van der Waals surface area contributed by atoms with E-state index in [0.717, 1.165) is 5.39 Å². The summed E-state index contributed by atoms with van der Waals surface area (Å²) in [5.41, 5.74) is 0.109. The average molecular weight is 239 g/mol. The van der Waals surface area contributed by atoms with E-state index < -0.39 is 5.97 Å². The van der Waals surface area contributed by atoms with Gasteiger partial charge in [-0.3, -0.25) is 0 Å². The van der Waals surface area contributed by atoms with Crippen LogP contribution in [0, 0.1) is 0 Å². The van der Waals surface area contributed by atoms with Crippen molar-refractivity contribution in [3.05, 3.63) is 42.2 Å². The largest absolute Gasteiger partial charge is 0.476 e. The quantitative estimate of drug-likeness (QED) is 0.773. The van der Waals surface area contributed by atoms with Gasteiger partial charge in [-0.2, -0.15) is 0 Å². The summed E-state index contributed by atoms with van der Waals surface area (Å²) in [6.07, 6.45) is 1.51. The zero-order valence-corrected chi connectivity index (χ0v) is 10.4. The van der Waals surface area contributed by atoms with Gasteiger partial charge in [-0.05, 0) is 11.5 Å². The van der Waals surface area contributed by atoms with Crippen molar-refractivity contribution in [3.63, 3.8) is 0 Å². The van der Waals surface area contributed by atoms with Gasteiger partial charge < -0.3 is 5.11 Å². The third kappa shape index (κ3) is 1.80. The first kappa shape index (κ1) is 10.8. The van der Waals surface area contributed by atoms with Crippen molar-refractivity contribution in [1.29, 1.82) is 0 Å². The number of aromatic carboxylic acids is 1. The maximum absolute atomic E-state index is 10.8. The monoisotopic (exact) mass is 237 g/mol. The zero-order chi connectivity index (χ0) is 9.26. The second kappa shape index (κ2) is 4.29. The van der Waals surface area contributed by atoms with Crippen LogP contribution in [0.5, 0.6) is 0 Å². The first-order valence-electron chi connectivity index (χ1n) is 3.86. The molecule has 2 aromatic rings. The number of benzene rings is 1. The fourth-order valence-corrected chi connectivity index (χ4v) is 1.29. The number of hydrogen-bond donors (Lipinski definition) is 1. The molecule has 1 heterocycles. The van der Waals surface area contributed by atoms with E-state index in [9.17, 15) is 4.79 Å². The van der Waals surface area contributed by atoms with Crippen molar-refractivity contribution in [2.75, 3.05) is 0 Å². The van der Waals surface area contributed by atoms with Crippen LogP contribution in [0.4, 0.5) is 0 Å². The molecule has 0 unspecified atom stereocenters. The number of carboxylic acids is 1. The van der Waals surface area contributed by atoms with E-state index in [1.54, 1.807) is 18.2 Å². The van der Waals surface area contributed by atoms with Crippen LogP contribution in [0.2, 0.25) is 0 Å². The van der Waals surface area contributed by atoms with Crippen LogP contribution in [0.1, 0.15) is 10.5 Å². The van der Waals surface area contributed by atoms with E-state index in [4.69, 9.17) is 5.11 Å². The molecular weight excluding hydrogens is 232 g/mol. The number of aromatic nitrogens is 1. The van der Waals surface area contributed by atoms with Crippen LogP contribution in [-0.4, -0.2) is 16.1 Å². The molecule has 14 heavy (non-hydrogen) atoms. The molecule has 0 fully saturated rings. The Hall–Kier alpha value is -1.28. The van der Waals surface area contributed by atoms with Crippen molar-refractivity contribution >= 4 is 16.7 Å². The van der Waals surface area contributed by atoms with E-state index in [0.29, 0.717) is 5.39 Å². The number of carbonyl (C=O) groups is 1. The molecule has 0 aliphatic carbocycles. The van der Waals surface area contributed by atoms with E-state index in [-0.39, 0.29) is 25.2 Å². The molecule has 1 N–H and O–H groups in total. The summed E-state index contributed by atoms with van der Waals surface area (Å²) in [5.74, 6) is -0.989. The van der Waals surface area contributed by atoms with Gasteiger partial charge in [-0.25, -0.2) is 9.78 Å². The molecule has 0 atom stereocenters. The number of pyridine rings is 1. The molecule has 3 nitrogen and oxygen atoms in total. The molecule has 0 bridgehead atoms. The summed E-state index contributed by atoms with van der Waals surface area (Å²) in [5, 5.41) is 10.4. The second-order valence-corrected chi connectivity index (χ2v) is 2.69. The smallest absolute Gasteiger partial charge is 0.355 e. The van der Waals surface area contributed by atoms with E-state index in [2.05, 4.69) is 4.98 Å². The molecule has 0 aliphatic heterocycles. The summed E-state index contributed by atoms with van der Waals surface area (Å²) in [6.45, 7) is 0. The Bertz CT molecular complexity index is 465. The molecule has 0 saturated heterocycles. The van der Waals surface area contributed by atoms with Crippen LogP contribution < -0.4 is 0 Å². The fraction of sp³-hybridized carbons (Fsp3) is 0. The van der Waals surface area contributed by atoms with Crippen molar-refractivity contribution < 1.29 is 29.4 Å². The van der Waals surface area contributed by atoms with E-state index in [1.807, 2.05) is 12.1 Å². The second-order valence-electron chi connectivity index (χ2n) is 2.69. The third-order valence-electron chi connectivity index (χ3n) is 1.88. The molecule has 0 aliphatic rings. The van der Waals surface area contributed by atoms with Gasteiger partial charge in [0, 0.05) is 31.1 Å². The Kier molecular flexibility index (Phi) is 3.31. The Morgan fingerprint density at radius 1 is 1.21 bits per heavy atom. The maximum Gasteiger partial charge on any atom is 0.355 e. The number of hydrogen-bond acceptors (Lipinski definition) is 2. The zero-order valence-electron chi connectivity index (χ0n) is 7.47. The summed E-state index contributed by atoms with van der Waals surface area (Å²) >= 11 is 0. The molecule has 2 rings (SSSR count). The first-order valence-corrected chi connectivity index (χ1v) is 3.86. The number of fused-ring (bicyclic) bond motifs is 1. The Morgan fingerprint density at radius 2 is 1.93 bits per heavy atom. The van der Waals surface area contributed by atoms with Gasteiger partial charge in [0.05, 0.1) is 0 Å². The molecule has 0 saturated carbocycles. The van der Waals surface area contributed by atoms with Crippen molar-refractivity contribution in [1.82, 2.24) is 4.98 Å². The predicted octanol–water partition coefficient (Wildman–Crippen LogP) is 1.93. The molecule has 0 spiro atoms. The van der Waals surface area contributed by atoms with E-state index >= 15 is 0 Å². The molecule has 66 valence electrons. The molecule has 1 aromatic heterocycles. The normalized spacial score (nSPS) is 9.43. The summed E-state index contributed by atoms with van der Waals surface area (Å²) in [7, 11) is 0. The minimum Gasteiger partial charge on any atom is -0.476 e. The molecule has 0 radical (unpaired) electrons. The van der Waals surface area contributed by atoms with Gasteiger partial charge in [0.25, 0.3) is 0 Å². The van der Waals surface area contributed by atoms with Crippen molar-refractivity contribution in [2.24, 2.45) is 0 Å². The number of rotatable bonds is 1. The summed E-state index contributed by atoms with van der Waals surface area (Å²) < 4.78 is 0. The minimum absolute atomic E-state index is 0. The van der Waals surface area contributed by atoms with Gasteiger partial charge in [0.2, 0.25) is 0 Å². The first-order chi connectivity index (χ1) is 6.29. The molecule has 4 heteroatoms. The van der Waals surface area contributed by atoms with Crippen molar-refractivity contribution in [3.8, 4) is 0 Å². The fourth-order valence-electron chi connectivity index (χ4n) is 1.29. The van der Waals surface area contributed by atoms with Gasteiger partial charge in [0.15, 0.2) is 5.69 Å². The SMILES string of the molecule is O=C(O)c1nccc2ccccc12.[Zn]. The van der Waals surface area contributed by atoms with Crippen LogP contribution in [0.25, 0.3) is 10.8 Å². The third-order valence-corrected chi connectivity index (χ3v) is 1.88. The number of carboxylic acid groups (broad SMARTS) is 1. The van der Waals surface area contributed by atoms with Gasteiger partial charge in [-0.15, -0.1) is 0 Å². The predicted molar refractivity (Wildman–Crippen MR) is 48.7 cm³/mol. The topological polar surface area (TPSA) is 50.2 Å². The molecular formula is C10H7NO2Zn.